The lowest BCUT2D eigenvalue weighted by molar-refractivity contribution is 0.592. The molecule has 3 aromatic carbocycles. The molecule has 38 heavy (non-hydrogen) atoms. The smallest absolute Gasteiger partial charge is 0.178 e. The van der Waals surface area contributed by atoms with Crippen molar-refractivity contribution in [2.24, 2.45) is 21.1 Å². The van der Waals surface area contributed by atoms with E-state index in [1.807, 2.05) is 0 Å². The molecule has 0 aliphatic rings. The fraction of sp³-hybridized carbons (Fsp3) is 0.273. The standard InChI is InChI=1S/C33H36N3OP/c1-7-25-31(22-16-10-13-19-28(22)34(25)4)38(37,32-23-17-11-14-20-29(23)35(5)26(32)8-2)33-24-18-12-15-21-30(24)36(6)27(33)9-3/h10-21H,7-9H2,1-6H3. The molecule has 3 heterocycles. The van der Waals surface area contributed by atoms with Crippen LogP contribution in [-0.4, -0.2) is 13.7 Å². The molecule has 3 aromatic heterocycles. The molecule has 0 bridgehead atoms. The van der Waals surface area contributed by atoms with Gasteiger partial charge in [-0.3, -0.25) is 0 Å². The van der Waals surface area contributed by atoms with Crippen molar-refractivity contribution in [2.45, 2.75) is 40.0 Å². The van der Waals surface area contributed by atoms with Crippen molar-refractivity contribution >= 4 is 55.8 Å². The lowest BCUT2D eigenvalue weighted by Crippen LogP contribution is -2.31. The zero-order valence-corrected chi connectivity index (χ0v) is 24.1. The van der Waals surface area contributed by atoms with Crippen LogP contribution in [0.2, 0.25) is 0 Å². The zero-order valence-electron chi connectivity index (χ0n) is 23.2. The van der Waals surface area contributed by atoms with E-state index in [1.165, 1.54) is 0 Å². The van der Waals surface area contributed by atoms with Crippen LogP contribution in [-0.2, 0) is 45.0 Å². The van der Waals surface area contributed by atoms with Crippen LogP contribution in [0.1, 0.15) is 37.9 Å². The number of nitrogens with zero attached hydrogens (tertiary/aromatic N) is 3. The van der Waals surface area contributed by atoms with Crippen molar-refractivity contribution in [1.82, 2.24) is 13.7 Å². The Hall–Kier alpha value is -3.49. The van der Waals surface area contributed by atoms with Gasteiger partial charge in [-0.1, -0.05) is 75.4 Å². The first kappa shape index (κ1) is 24.8. The molecule has 0 saturated heterocycles. The van der Waals surface area contributed by atoms with Crippen LogP contribution < -0.4 is 15.9 Å². The second-order valence-corrected chi connectivity index (χ2v) is 12.8. The van der Waals surface area contributed by atoms with Crippen LogP contribution in [0.5, 0.6) is 0 Å². The third-order valence-electron chi connectivity index (χ3n) is 8.55. The number of aromatic nitrogens is 3. The molecule has 0 radical (unpaired) electrons. The number of rotatable bonds is 6. The van der Waals surface area contributed by atoms with Crippen molar-refractivity contribution in [1.29, 1.82) is 0 Å². The zero-order chi connectivity index (χ0) is 26.8. The van der Waals surface area contributed by atoms with Crippen molar-refractivity contribution in [3.63, 3.8) is 0 Å². The van der Waals surface area contributed by atoms with Crippen molar-refractivity contribution in [3.8, 4) is 0 Å². The maximum atomic E-state index is 16.8. The van der Waals surface area contributed by atoms with Crippen LogP contribution in [0.4, 0.5) is 0 Å². The highest BCUT2D eigenvalue weighted by Gasteiger charge is 2.43. The van der Waals surface area contributed by atoms with Crippen LogP contribution in [0.3, 0.4) is 0 Å². The maximum absolute atomic E-state index is 16.8. The summed E-state index contributed by atoms with van der Waals surface area (Å²) in [5, 5.41) is 6.32. The Morgan fingerprint density at radius 2 is 0.763 bits per heavy atom. The Bertz CT molecular complexity index is 1680. The summed E-state index contributed by atoms with van der Waals surface area (Å²) in [7, 11) is 3.01. The highest BCUT2D eigenvalue weighted by atomic mass is 31.2. The van der Waals surface area contributed by atoms with Crippen molar-refractivity contribution in [2.75, 3.05) is 0 Å². The monoisotopic (exact) mass is 521 g/mol. The molecule has 5 heteroatoms. The van der Waals surface area contributed by atoms with E-state index in [4.69, 9.17) is 0 Å². The van der Waals surface area contributed by atoms with Gasteiger partial charge in [-0.15, -0.1) is 0 Å². The molecule has 0 spiro atoms. The van der Waals surface area contributed by atoms with E-state index in [-0.39, 0.29) is 0 Å². The molecule has 6 aromatic rings. The van der Waals surface area contributed by atoms with Gasteiger partial charge in [0.1, 0.15) is 0 Å². The van der Waals surface area contributed by atoms with Gasteiger partial charge in [-0.25, -0.2) is 0 Å². The number of benzene rings is 3. The topological polar surface area (TPSA) is 31.9 Å². The predicted molar refractivity (Wildman–Crippen MR) is 163 cm³/mol. The molecule has 0 amide bonds. The Morgan fingerprint density at radius 3 is 1.03 bits per heavy atom. The summed E-state index contributed by atoms with van der Waals surface area (Å²) < 4.78 is 23.6. The van der Waals surface area contributed by atoms with Gasteiger partial charge in [0.25, 0.3) is 0 Å². The Labute approximate surface area is 224 Å². The third kappa shape index (κ3) is 3.13. The molecule has 6 rings (SSSR count). The molecule has 4 nitrogen and oxygen atoms in total. The van der Waals surface area contributed by atoms with E-state index < -0.39 is 7.14 Å². The van der Waals surface area contributed by atoms with E-state index in [0.717, 1.165) is 85.0 Å². The molecule has 0 atom stereocenters. The maximum Gasteiger partial charge on any atom is 0.178 e. The fourth-order valence-corrected chi connectivity index (χ4v) is 11.2. The van der Waals surface area contributed by atoms with E-state index in [0.29, 0.717) is 0 Å². The van der Waals surface area contributed by atoms with E-state index in [1.54, 1.807) is 0 Å². The summed E-state index contributed by atoms with van der Waals surface area (Å²) >= 11 is 0. The number of hydrogen-bond acceptors (Lipinski definition) is 1. The first-order chi connectivity index (χ1) is 18.4. The molecular weight excluding hydrogens is 485 g/mol. The van der Waals surface area contributed by atoms with Crippen LogP contribution in [0, 0.1) is 0 Å². The summed E-state index contributed by atoms with van der Waals surface area (Å²) in [6.45, 7) is 6.57. The van der Waals surface area contributed by atoms with Gasteiger partial charge in [0.2, 0.25) is 0 Å². The Morgan fingerprint density at radius 1 is 0.500 bits per heavy atom. The molecule has 0 unspecified atom stereocenters. The summed E-state index contributed by atoms with van der Waals surface area (Å²) in [6.07, 6.45) is 2.43. The predicted octanol–water partition coefficient (Wildman–Crippen LogP) is 6.49. The van der Waals surface area contributed by atoms with Gasteiger partial charge in [0, 0.05) is 86.8 Å². The van der Waals surface area contributed by atoms with Crippen molar-refractivity contribution < 1.29 is 4.57 Å². The SMILES string of the molecule is CCc1c(P(=O)(c2c(CC)n(C)c3ccccc23)c2c(CC)n(C)c3ccccc23)c2ccccc2n1C. The summed E-state index contributed by atoms with van der Waals surface area (Å²) in [4.78, 5) is 0. The van der Waals surface area contributed by atoms with Crippen LogP contribution in [0.25, 0.3) is 32.7 Å². The second kappa shape index (κ2) is 9.06. The number of hydrogen-bond donors (Lipinski definition) is 0. The average Bonchev–Trinajstić information content (AvgIpc) is 3.53. The minimum Gasteiger partial charge on any atom is -0.347 e. The summed E-state index contributed by atoms with van der Waals surface area (Å²) in [5.41, 5.74) is 6.86. The lowest BCUT2D eigenvalue weighted by Gasteiger charge is -2.24. The highest BCUT2D eigenvalue weighted by molar-refractivity contribution is 7.86. The molecule has 0 N–H and O–H groups in total. The fourth-order valence-electron chi connectivity index (χ4n) is 6.88. The van der Waals surface area contributed by atoms with Crippen LogP contribution >= 0.6 is 7.14 Å². The average molecular weight is 522 g/mol. The van der Waals surface area contributed by atoms with E-state index >= 15 is 4.57 Å². The van der Waals surface area contributed by atoms with E-state index in [2.05, 4.69) is 128 Å². The first-order valence-corrected chi connectivity index (χ1v) is 15.4. The summed E-state index contributed by atoms with van der Waals surface area (Å²) in [6, 6.07) is 25.5. The summed E-state index contributed by atoms with van der Waals surface area (Å²) in [5.74, 6) is 0. The quantitative estimate of drug-likeness (QED) is 0.231. The van der Waals surface area contributed by atoms with Gasteiger partial charge in [0.15, 0.2) is 7.14 Å². The molecule has 0 aliphatic carbocycles. The minimum absolute atomic E-state index is 0.808. The van der Waals surface area contributed by atoms with Gasteiger partial charge in [0.05, 0.1) is 0 Å². The number of fused-ring (bicyclic) bond motifs is 3. The lowest BCUT2D eigenvalue weighted by atomic mass is 10.2. The third-order valence-corrected chi connectivity index (χ3v) is 11.9. The normalized spacial score (nSPS) is 12.4. The molecular formula is C33H36N3OP. The largest absolute Gasteiger partial charge is 0.347 e. The van der Waals surface area contributed by atoms with Gasteiger partial charge >= 0.3 is 0 Å². The van der Waals surface area contributed by atoms with Crippen LogP contribution in [0.15, 0.2) is 72.8 Å². The molecule has 0 saturated carbocycles. The Balaban J connectivity index is 1.93. The molecule has 0 aliphatic heterocycles. The Kier molecular flexibility index (Phi) is 5.92. The van der Waals surface area contributed by atoms with Gasteiger partial charge < -0.3 is 18.3 Å². The second-order valence-electron chi connectivity index (χ2n) is 10.3. The van der Waals surface area contributed by atoms with Gasteiger partial charge in [-0.2, -0.15) is 0 Å². The number of aryl methyl sites for hydroxylation is 3. The van der Waals surface area contributed by atoms with Gasteiger partial charge in [-0.05, 0) is 37.5 Å². The molecule has 194 valence electrons. The van der Waals surface area contributed by atoms with Crippen molar-refractivity contribution in [3.05, 3.63) is 89.9 Å². The van der Waals surface area contributed by atoms with E-state index in [9.17, 15) is 0 Å². The highest BCUT2D eigenvalue weighted by Crippen LogP contribution is 2.52. The molecule has 0 fully saturated rings. The number of para-hydroxylation sites is 3. The first-order valence-electron chi connectivity index (χ1n) is 13.7. The minimum atomic E-state index is -3.38.